The minimum atomic E-state index is 0.616. The van der Waals surface area contributed by atoms with Gasteiger partial charge in [0.05, 0.1) is 0 Å². The van der Waals surface area contributed by atoms with E-state index in [2.05, 4.69) is 15.3 Å². The normalized spacial score (nSPS) is 11.2. The molecule has 2 N–H and O–H groups in total. The quantitative estimate of drug-likeness (QED) is 0.732. The van der Waals surface area contributed by atoms with Crippen LogP contribution in [0.25, 0.3) is 15.5 Å². The molecule has 2 aromatic heterocycles. The Balaban J connectivity index is 2.16. The molecule has 0 amide bonds. The van der Waals surface area contributed by atoms with Gasteiger partial charge in [-0.1, -0.05) is 29.9 Å². The minimum Gasteiger partial charge on any atom is -0.398 e. The van der Waals surface area contributed by atoms with E-state index in [0.29, 0.717) is 10.7 Å². The van der Waals surface area contributed by atoms with E-state index in [0.717, 1.165) is 27.8 Å². The van der Waals surface area contributed by atoms with Crippen LogP contribution in [0.3, 0.4) is 0 Å². The molecule has 3 aromatic rings. The number of nitrogens with two attached hydrogens (primary N) is 1. The van der Waals surface area contributed by atoms with Gasteiger partial charge in [-0.25, -0.2) is 0 Å². The van der Waals surface area contributed by atoms with Crippen LogP contribution in [-0.4, -0.2) is 19.8 Å². The van der Waals surface area contributed by atoms with Gasteiger partial charge in [0.25, 0.3) is 0 Å². The van der Waals surface area contributed by atoms with Gasteiger partial charge in [0, 0.05) is 22.7 Å². The number of aryl methyl sites for hydroxylation is 1. The summed E-state index contributed by atoms with van der Waals surface area (Å²) in [6.45, 7) is 2.02. The molecule has 0 aliphatic heterocycles. The first-order chi connectivity index (χ1) is 8.69. The number of aromatic nitrogens is 4. The number of nitrogen functional groups attached to an aromatic ring is 1. The highest BCUT2D eigenvalue weighted by molar-refractivity contribution is 7.19. The second-order valence-corrected chi connectivity index (χ2v) is 5.20. The van der Waals surface area contributed by atoms with E-state index >= 15 is 0 Å². The van der Waals surface area contributed by atoms with Crippen molar-refractivity contribution in [1.29, 1.82) is 0 Å². The number of halogens is 1. The lowest BCUT2D eigenvalue weighted by Crippen LogP contribution is -1.94. The molecule has 3 rings (SSSR count). The molecule has 92 valence electrons. The molecule has 0 saturated heterocycles. The minimum absolute atomic E-state index is 0.616. The lowest BCUT2D eigenvalue weighted by atomic mass is 10.2. The summed E-state index contributed by atoms with van der Waals surface area (Å²) in [7, 11) is 0. The third-order valence-electron chi connectivity index (χ3n) is 2.62. The second kappa shape index (κ2) is 4.22. The summed E-state index contributed by atoms with van der Waals surface area (Å²) in [6, 6.07) is 5.39. The van der Waals surface area contributed by atoms with Gasteiger partial charge >= 0.3 is 0 Å². The Kier molecular flexibility index (Phi) is 2.68. The molecule has 5 nitrogen and oxygen atoms in total. The van der Waals surface area contributed by atoms with Crippen LogP contribution < -0.4 is 5.73 Å². The summed E-state index contributed by atoms with van der Waals surface area (Å²) < 4.78 is 1.76. The van der Waals surface area contributed by atoms with Crippen molar-refractivity contribution >= 4 is 33.6 Å². The highest BCUT2D eigenvalue weighted by Gasteiger charge is 2.13. The summed E-state index contributed by atoms with van der Waals surface area (Å²) >= 11 is 7.35. The first-order valence-electron chi connectivity index (χ1n) is 5.45. The molecular formula is C11H10ClN5S. The van der Waals surface area contributed by atoms with Crippen molar-refractivity contribution in [2.45, 2.75) is 13.3 Å². The predicted octanol–water partition coefficient (Wildman–Crippen LogP) is 2.65. The number of hydrogen-bond acceptors (Lipinski definition) is 5. The van der Waals surface area contributed by atoms with Crippen molar-refractivity contribution in [3.05, 3.63) is 29.0 Å². The predicted molar refractivity (Wildman–Crippen MR) is 72.9 cm³/mol. The van der Waals surface area contributed by atoms with Crippen LogP contribution in [0, 0.1) is 0 Å². The summed E-state index contributed by atoms with van der Waals surface area (Å²) in [6.07, 6.45) is 0.792. The van der Waals surface area contributed by atoms with Crippen molar-refractivity contribution in [2.24, 2.45) is 0 Å². The molecule has 0 bridgehead atoms. The Morgan fingerprint density at radius 3 is 2.94 bits per heavy atom. The lowest BCUT2D eigenvalue weighted by molar-refractivity contribution is 0.838. The van der Waals surface area contributed by atoms with Crippen LogP contribution in [-0.2, 0) is 6.42 Å². The van der Waals surface area contributed by atoms with E-state index in [1.54, 1.807) is 16.6 Å². The van der Waals surface area contributed by atoms with Gasteiger partial charge in [-0.3, -0.25) is 0 Å². The molecule has 7 heteroatoms. The van der Waals surface area contributed by atoms with E-state index in [-0.39, 0.29) is 0 Å². The maximum atomic E-state index is 5.95. The molecule has 1 aromatic carbocycles. The van der Waals surface area contributed by atoms with E-state index in [1.807, 2.05) is 13.0 Å². The van der Waals surface area contributed by atoms with Crippen molar-refractivity contribution in [1.82, 2.24) is 19.8 Å². The zero-order valence-corrected chi connectivity index (χ0v) is 11.2. The van der Waals surface area contributed by atoms with E-state index in [1.165, 1.54) is 11.3 Å². The molecule has 0 unspecified atom stereocenters. The van der Waals surface area contributed by atoms with Gasteiger partial charge in [0.15, 0.2) is 5.82 Å². The van der Waals surface area contributed by atoms with Crippen LogP contribution in [0.4, 0.5) is 5.69 Å². The largest absolute Gasteiger partial charge is 0.398 e. The fraction of sp³-hybridized carbons (Fsp3) is 0.182. The molecule has 0 atom stereocenters. The first kappa shape index (κ1) is 11.4. The molecule has 18 heavy (non-hydrogen) atoms. The smallest absolute Gasteiger partial charge is 0.234 e. The third-order valence-corrected chi connectivity index (χ3v) is 3.78. The summed E-state index contributed by atoms with van der Waals surface area (Å²) in [4.78, 5) is 0.774. The monoisotopic (exact) mass is 279 g/mol. The highest BCUT2D eigenvalue weighted by atomic mass is 35.5. The Bertz CT molecular complexity index is 717. The van der Waals surface area contributed by atoms with E-state index in [9.17, 15) is 0 Å². The van der Waals surface area contributed by atoms with Crippen LogP contribution >= 0.6 is 22.9 Å². The Morgan fingerprint density at radius 1 is 1.39 bits per heavy atom. The number of anilines is 1. The van der Waals surface area contributed by atoms with Gasteiger partial charge < -0.3 is 5.73 Å². The fourth-order valence-corrected chi connectivity index (χ4v) is 2.80. The average molecular weight is 280 g/mol. The number of hydrogen-bond donors (Lipinski definition) is 1. The first-order valence-corrected chi connectivity index (χ1v) is 6.65. The number of nitrogens with zero attached hydrogens (tertiary/aromatic N) is 4. The van der Waals surface area contributed by atoms with Crippen LogP contribution in [0.15, 0.2) is 18.2 Å². The Labute approximate surface area is 112 Å². The van der Waals surface area contributed by atoms with Crippen LogP contribution in [0.5, 0.6) is 0 Å². The van der Waals surface area contributed by atoms with Crippen molar-refractivity contribution < 1.29 is 0 Å². The topological polar surface area (TPSA) is 69.1 Å². The summed E-state index contributed by atoms with van der Waals surface area (Å²) in [5.74, 6) is 0.847. The van der Waals surface area contributed by atoms with Gasteiger partial charge in [-0.15, -0.1) is 10.2 Å². The standard InChI is InChI=1S/C11H10ClN5S/c1-2-9-14-15-11-17(9)16-10(18-11)7-4-3-6(12)5-8(7)13/h3-5H,2,13H2,1H3. The van der Waals surface area contributed by atoms with E-state index in [4.69, 9.17) is 17.3 Å². The highest BCUT2D eigenvalue weighted by Crippen LogP contribution is 2.31. The Morgan fingerprint density at radius 2 is 2.22 bits per heavy atom. The lowest BCUT2D eigenvalue weighted by Gasteiger charge is -2.01. The maximum absolute atomic E-state index is 5.95. The van der Waals surface area contributed by atoms with Gasteiger partial charge in [0.1, 0.15) is 5.01 Å². The number of benzene rings is 1. The van der Waals surface area contributed by atoms with Crippen molar-refractivity contribution in [3.8, 4) is 10.6 Å². The van der Waals surface area contributed by atoms with E-state index < -0.39 is 0 Å². The van der Waals surface area contributed by atoms with Gasteiger partial charge in [-0.05, 0) is 18.2 Å². The number of rotatable bonds is 2. The molecule has 0 aliphatic rings. The molecule has 0 saturated carbocycles. The fourth-order valence-electron chi connectivity index (χ4n) is 1.72. The molecule has 0 aliphatic carbocycles. The average Bonchev–Trinajstić information content (AvgIpc) is 2.88. The molecular weight excluding hydrogens is 270 g/mol. The number of fused-ring (bicyclic) bond motifs is 1. The SMILES string of the molecule is CCc1nnc2sc(-c3ccc(Cl)cc3N)nn12. The van der Waals surface area contributed by atoms with Crippen molar-refractivity contribution in [3.63, 3.8) is 0 Å². The second-order valence-electron chi connectivity index (χ2n) is 3.80. The molecule has 0 fully saturated rings. The van der Waals surface area contributed by atoms with Gasteiger partial charge in [-0.2, -0.15) is 9.61 Å². The van der Waals surface area contributed by atoms with Crippen LogP contribution in [0.1, 0.15) is 12.7 Å². The third kappa shape index (κ3) is 1.74. The Hall–Kier alpha value is -1.66. The van der Waals surface area contributed by atoms with Gasteiger partial charge in [0.2, 0.25) is 4.96 Å². The zero-order chi connectivity index (χ0) is 12.7. The molecule has 2 heterocycles. The molecule has 0 spiro atoms. The maximum Gasteiger partial charge on any atom is 0.234 e. The summed E-state index contributed by atoms with van der Waals surface area (Å²) in [5, 5.41) is 14.1. The van der Waals surface area contributed by atoms with Crippen molar-refractivity contribution in [2.75, 3.05) is 5.73 Å². The van der Waals surface area contributed by atoms with Crippen LogP contribution in [0.2, 0.25) is 5.02 Å². The summed E-state index contributed by atoms with van der Waals surface area (Å²) in [5.41, 5.74) is 7.44. The zero-order valence-electron chi connectivity index (χ0n) is 9.59. The molecule has 0 radical (unpaired) electrons.